The predicted molar refractivity (Wildman–Crippen MR) is 112 cm³/mol. The molecule has 9 nitrogen and oxygen atoms in total. The van der Waals surface area contributed by atoms with Crippen molar-refractivity contribution in [2.75, 3.05) is 23.8 Å². The van der Waals surface area contributed by atoms with E-state index in [2.05, 4.69) is 10.3 Å². The minimum atomic E-state index is -1.27. The molecule has 1 saturated heterocycles. The number of hydrogen-bond acceptors (Lipinski definition) is 7. The van der Waals surface area contributed by atoms with Gasteiger partial charge < -0.3 is 24.3 Å². The Balaban J connectivity index is 1.40. The van der Waals surface area contributed by atoms with Gasteiger partial charge in [-0.15, -0.1) is 0 Å². The first-order valence-electron chi connectivity index (χ1n) is 9.99. The van der Waals surface area contributed by atoms with Crippen molar-refractivity contribution in [1.29, 1.82) is 0 Å². The molecule has 1 fully saturated rings. The lowest BCUT2D eigenvalue weighted by molar-refractivity contribution is -0.137. The second-order valence-electron chi connectivity index (χ2n) is 7.57. The van der Waals surface area contributed by atoms with Crippen LogP contribution in [-0.4, -0.2) is 30.4 Å². The van der Waals surface area contributed by atoms with Crippen molar-refractivity contribution in [3.63, 3.8) is 0 Å². The first kappa shape index (κ1) is 18.5. The zero-order chi connectivity index (χ0) is 21.7. The van der Waals surface area contributed by atoms with Crippen molar-refractivity contribution in [3.8, 4) is 23.0 Å². The van der Waals surface area contributed by atoms with Gasteiger partial charge in [-0.2, -0.15) is 0 Å². The van der Waals surface area contributed by atoms with Gasteiger partial charge in [-0.25, -0.2) is 0 Å². The lowest BCUT2D eigenvalue weighted by atomic mass is 9.76. The van der Waals surface area contributed by atoms with Crippen LogP contribution in [0.5, 0.6) is 23.0 Å². The average Bonchev–Trinajstić information content (AvgIpc) is 3.46. The van der Waals surface area contributed by atoms with Gasteiger partial charge in [0.1, 0.15) is 0 Å². The van der Waals surface area contributed by atoms with Crippen LogP contribution in [0.1, 0.15) is 12.0 Å². The molecule has 3 aliphatic heterocycles. The normalized spacial score (nSPS) is 20.1. The van der Waals surface area contributed by atoms with Gasteiger partial charge in [-0.1, -0.05) is 6.07 Å². The second kappa shape index (κ2) is 6.88. The maximum Gasteiger partial charge on any atom is 0.255 e. The molecule has 0 aliphatic carbocycles. The van der Waals surface area contributed by atoms with Gasteiger partial charge in [0.25, 0.3) is 5.91 Å². The maximum absolute atomic E-state index is 13.7. The number of β-lactam (4-membered cyclic amide) rings is 1. The summed E-state index contributed by atoms with van der Waals surface area (Å²) in [6, 6.07) is 13.9. The molecule has 6 rings (SSSR count). The third-order valence-corrected chi connectivity index (χ3v) is 5.80. The first-order chi connectivity index (χ1) is 15.6. The minimum absolute atomic E-state index is 0.00349. The van der Waals surface area contributed by atoms with Gasteiger partial charge in [0, 0.05) is 41.5 Å². The van der Waals surface area contributed by atoms with E-state index in [4.69, 9.17) is 18.9 Å². The Bertz CT molecular complexity index is 1250. The molecule has 0 bridgehead atoms. The molecular formula is C23H17N3O6. The van der Waals surface area contributed by atoms with E-state index in [-0.39, 0.29) is 31.8 Å². The Kier molecular flexibility index (Phi) is 3.97. The van der Waals surface area contributed by atoms with Crippen LogP contribution in [0.15, 0.2) is 60.9 Å². The van der Waals surface area contributed by atoms with E-state index >= 15 is 0 Å². The summed E-state index contributed by atoms with van der Waals surface area (Å²) in [6.07, 6.45) is 3.23. The van der Waals surface area contributed by atoms with E-state index in [1.807, 2.05) is 0 Å². The van der Waals surface area contributed by atoms with Crippen molar-refractivity contribution in [1.82, 2.24) is 4.98 Å². The summed E-state index contributed by atoms with van der Waals surface area (Å²) in [5.74, 6) is 1.74. The highest BCUT2D eigenvalue weighted by atomic mass is 16.7. The fraction of sp³-hybridized carbons (Fsp3) is 0.174. The molecule has 0 radical (unpaired) electrons. The summed E-state index contributed by atoms with van der Waals surface area (Å²) in [7, 11) is 0. The fourth-order valence-corrected chi connectivity index (χ4v) is 4.25. The minimum Gasteiger partial charge on any atom is -0.454 e. The molecule has 0 saturated carbocycles. The first-order valence-corrected chi connectivity index (χ1v) is 9.99. The lowest BCUT2D eigenvalue weighted by Crippen LogP contribution is -2.67. The number of aromatic nitrogens is 1. The van der Waals surface area contributed by atoms with E-state index in [0.717, 1.165) is 0 Å². The van der Waals surface area contributed by atoms with Gasteiger partial charge >= 0.3 is 0 Å². The van der Waals surface area contributed by atoms with Crippen molar-refractivity contribution >= 4 is 23.2 Å². The fourth-order valence-electron chi connectivity index (χ4n) is 4.25. The van der Waals surface area contributed by atoms with Crippen LogP contribution in [0.25, 0.3) is 0 Å². The van der Waals surface area contributed by atoms with Gasteiger partial charge in [-0.3, -0.25) is 19.5 Å². The molecule has 9 heteroatoms. The van der Waals surface area contributed by atoms with Crippen LogP contribution >= 0.6 is 0 Å². The number of nitrogens with zero attached hydrogens (tertiary/aromatic N) is 2. The Morgan fingerprint density at radius 3 is 2.38 bits per heavy atom. The quantitative estimate of drug-likeness (QED) is 0.634. The van der Waals surface area contributed by atoms with Gasteiger partial charge in [0.2, 0.25) is 19.5 Å². The van der Waals surface area contributed by atoms with Crippen LogP contribution < -0.4 is 29.2 Å². The van der Waals surface area contributed by atoms with Crippen molar-refractivity contribution in [2.24, 2.45) is 0 Å². The monoisotopic (exact) mass is 431 g/mol. The smallest absolute Gasteiger partial charge is 0.255 e. The van der Waals surface area contributed by atoms with Gasteiger partial charge in [-0.05, 0) is 30.3 Å². The Morgan fingerprint density at radius 1 is 0.938 bits per heavy atom. The highest BCUT2D eigenvalue weighted by molar-refractivity contribution is 6.17. The molecule has 3 aliphatic rings. The molecule has 1 N–H and O–H groups in total. The number of ether oxygens (including phenoxy) is 4. The number of hydrogen-bond donors (Lipinski definition) is 1. The van der Waals surface area contributed by atoms with E-state index in [1.54, 1.807) is 60.9 Å². The van der Waals surface area contributed by atoms with E-state index in [1.165, 1.54) is 4.90 Å². The standard InChI is InChI=1S/C23H17N3O6/c27-21-10-23(14-2-1-7-24-11-14,26(21)16-4-6-18-20(9-16)32-13-30-18)22(28)25-15-3-5-17-19(8-15)31-12-29-17/h1-9,11H,10,12-13H2,(H,25,28). The Hall–Kier alpha value is -4.27. The van der Waals surface area contributed by atoms with Crippen molar-refractivity contribution < 1.29 is 28.5 Å². The highest BCUT2D eigenvalue weighted by Crippen LogP contribution is 2.48. The third kappa shape index (κ3) is 2.67. The van der Waals surface area contributed by atoms with Gasteiger partial charge in [0.15, 0.2) is 28.5 Å². The molecule has 2 amide bonds. The molecule has 3 aromatic rings. The number of anilines is 2. The molecule has 4 heterocycles. The molecule has 1 aromatic heterocycles. The number of pyridine rings is 1. The lowest BCUT2D eigenvalue weighted by Gasteiger charge is -2.50. The summed E-state index contributed by atoms with van der Waals surface area (Å²) < 4.78 is 21.6. The summed E-state index contributed by atoms with van der Waals surface area (Å²) in [5, 5.41) is 2.93. The molecule has 0 spiro atoms. The van der Waals surface area contributed by atoms with Gasteiger partial charge in [0.05, 0.1) is 6.42 Å². The largest absolute Gasteiger partial charge is 0.454 e. The van der Waals surface area contributed by atoms with Crippen LogP contribution in [-0.2, 0) is 15.1 Å². The van der Waals surface area contributed by atoms with Crippen LogP contribution in [0.3, 0.4) is 0 Å². The van der Waals surface area contributed by atoms with Crippen LogP contribution in [0, 0.1) is 0 Å². The zero-order valence-electron chi connectivity index (χ0n) is 16.7. The number of benzene rings is 2. The molecule has 160 valence electrons. The van der Waals surface area contributed by atoms with Crippen molar-refractivity contribution in [2.45, 2.75) is 12.0 Å². The number of carbonyl (C=O) groups excluding carboxylic acids is 2. The SMILES string of the molecule is O=C1CC(C(=O)Nc2ccc3c(c2)OCO3)(c2cccnc2)N1c1ccc2c(c1)OCO2. The van der Waals surface area contributed by atoms with Crippen molar-refractivity contribution in [3.05, 3.63) is 66.5 Å². The highest BCUT2D eigenvalue weighted by Gasteiger charge is 2.59. The molecular weight excluding hydrogens is 414 g/mol. The van der Waals surface area contributed by atoms with E-state index in [9.17, 15) is 9.59 Å². The third-order valence-electron chi connectivity index (χ3n) is 5.80. The molecule has 1 unspecified atom stereocenters. The number of fused-ring (bicyclic) bond motifs is 2. The number of amides is 2. The van der Waals surface area contributed by atoms with Crippen LogP contribution in [0.2, 0.25) is 0 Å². The topological polar surface area (TPSA) is 99.2 Å². The maximum atomic E-state index is 13.7. The molecule has 2 aromatic carbocycles. The number of carbonyl (C=O) groups is 2. The summed E-state index contributed by atoms with van der Waals surface area (Å²) in [4.78, 5) is 32.2. The Labute approximate surface area is 182 Å². The summed E-state index contributed by atoms with van der Waals surface area (Å²) in [6.45, 7) is 0.254. The van der Waals surface area contributed by atoms with E-state index in [0.29, 0.717) is 39.9 Å². The second-order valence-corrected chi connectivity index (χ2v) is 7.57. The predicted octanol–water partition coefficient (Wildman–Crippen LogP) is 2.81. The number of rotatable bonds is 4. The zero-order valence-corrected chi connectivity index (χ0v) is 16.7. The summed E-state index contributed by atoms with van der Waals surface area (Å²) in [5.41, 5.74) is 0.410. The summed E-state index contributed by atoms with van der Waals surface area (Å²) >= 11 is 0. The Morgan fingerprint density at radius 2 is 1.66 bits per heavy atom. The average molecular weight is 431 g/mol. The molecule has 32 heavy (non-hydrogen) atoms. The molecule has 1 atom stereocenters. The number of nitrogens with one attached hydrogen (secondary N) is 1. The van der Waals surface area contributed by atoms with Crippen LogP contribution in [0.4, 0.5) is 11.4 Å². The van der Waals surface area contributed by atoms with E-state index < -0.39 is 5.54 Å².